The number of guanidine groups is 1. The third kappa shape index (κ3) is 6.21. The lowest BCUT2D eigenvalue weighted by molar-refractivity contribution is 0.156. The van der Waals surface area contributed by atoms with Crippen LogP contribution in [0.2, 0.25) is 0 Å². The van der Waals surface area contributed by atoms with Gasteiger partial charge in [-0.25, -0.2) is 0 Å². The Bertz CT molecular complexity index is 442. The molecule has 0 amide bonds. The molecule has 0 saturated carbocycles. The number of likely N-dealkylation sites (tertiary alicyclic amines) is 1. The molecule has 3 aliphatic rings. The van der Waals surface area contributed by atoms with Gasteiger partial charge in [0.15, 0.2) is 5.96 Å². The standard InChI is InChI=1S/C19H37N5O.HI/c1-3-20-18(24-12-6-19(16-24)7-15-25-17-19)21-8-4-10-23-11-5-9-22(2)13-14-23;/h3-17H2,1-2H3,(H,20,21);1H. The summed E-state index contributed by atoms with van der Waals surface area (Å²) in [5, 5.41) is 3.50. The fraction of sp³-hybridized carbons (Fsp3) is 0.947. The molecule has 3 aliphatic heterocycles. The van der Waals surface area contributed by atoms with E-state index in [-0.39, 0.29) is 24.0 Å². The molecule has 26 heavy (non-hydrogen) atoms. The van der Waals surface area contributed by atoms with Crippen molar-refractivity contribution in [1.29, 1.82) is 0 Å². The van der Waals surface area contributed by atoms with E-state index in [1.165, 1.54) is 52.0 Å². The predicted octanol–water partition coefficient (Wildman–Crippen LogP) is 1.71. The van der Waals surface area contributed by atoms with Crippen LogP contribution < -0.4 is 5.32 Å². The maximum atomic E-state index is 5.66. The third-order valence-electron chi connectivity index (χ3n) is 5.96. The minimum atomic E-state index is 0. The largest absolute Gasteiger partial charge is 0.381 e. The zero-order valence-corrected chi connectivity index (χ0v) is 19.0. The molecule has 1 N–H and O–H groups in total. The van der Waals surface area contributed by atoms with E-state index in [4.69, 9.17) is 9.73 Å². The van der Waals surface area contributed by atoms with Crippen molar-refractivity contribution in [2.45, 2.75) is 32.6 Å². The number of likely N-dealkylation sites (N-methyl/N-ethyl adjacent to an activating group) is 1. The van der Waals surface area contributed by atoms with Gasteiger partial charge in [-0.3, -0.25) is 4.99 Å². The minimum Gasteiger partial charge on any atom is -0.381 e. The fourth-order valence-electron chi connectivity index (χ4n) is 4.32. The molecule has 3 fully saturated rings. The third-order valence-corrected chi connectivity index (χ3v) is 5.96. The van der Waals surface area contributed by atoms with E-state index in [0.717, 1.165) is 51.8 Å². The monoisotopic (exact) mass is 479 g/mol. The van der Waals surface area contributed by atoms with Crippen molar-refractivity contribution in [2.75, 3.05) is 79.2 Å². The second-order valence-electron chi connectivity index (χ2n) is 8.06. The van der Waals surface area contributed by atoms with E-state index in [9.17, 15) is 0 Å². The molecule has 3 rings (SSSR count). The van der Waals surface area contributed by atoms with Gasteiger partial charge in [-0.2, -0.15) is 0 Å². The number of halogens is 1. The zero-order chi connectivity index (χ0) is 17.5. The summed E-state index contributed by atoms with van der Waals surface area (Å²) in [5.41, 5.74) is 0.397. The number of hydrogen-bond acceptors (Lipinski definition) is 4. The van der Waals surface area contributed by atoms with Crippen LogP contribution in [0, 0.1) is 5.41 Å². The van der Waals surface area contributed by atoms with E-state index in [2.05, 4.69) is 34.0 Å². The number of nitrogens with zero attached hydrogens (tertiary/aromatic N) is 4. The van der Waals surface area contributed by atoms with Gasteiger partial charge in [-0.15, -0.1) is 24.0 Å². The lowest BCUT2D eigenvalue weighted by Gasteiger charge is -2.25. The second-order valence-corrected chi connectivity index (χ2v) is 8.06. The Morgan fingerprint density at radius 3 is 2.81 bits per heavy atom. The maximum absolute atomic E-state index is 5.66. The summed E-state index contributed by atoms with van der Waals surface area (Å²) >= 11 is 0. The van der Waals surface area contributed by atoms with Crippen LogP contribution >= 0.6 is 24.0 Å². The van der Waals surface area contributed by atoms with Crippen LogP contribution in [0.25, 0.3) is 0 Å². The van der Waals surface area contributed by atoms with Gasteiger partial charge in [0.2, 0.25) is 0 Å². The second kappa shape index (κ2) is 11.0. The Kier molecular flexibility index (Phi) is 9.40. The first-order valence-electron chi connectivity index (χ1n) is 10.2. The average molecular weight is 479 g/mol. The molecule has 152 valence electrons. The Hall–Kier alpha value is -0.120. The summed E-state index contributed by atoms with van der Waals surface area (Å²) in [6.07, 6.45) is 4.91. The topological polar surface area (TPSA) is 43.3 Å². The van der Waals surface area contributed by atoms with Gasteiger partial charge in [-0.05, 0) is 59.3 Å². The van der Waals surface area contributed by atoms with Crippen molar-refractivity contribution in [2.24, 2.45) is 10.4 Å². The molecular formula is C19H38IN5O. The normalized spacial score (nSPS) is 28.4. The molecule has 0 aliphatic carbocycles. The molecule has 1 atom stereocenters. The molecule has 0 bridgehead atoms. The lowest BCUT2D eigenvalue weighted by atomic mass is 9.87. The van der Waals surface area contributed by atoms with Crippen molar-refractivity contribution in [3.05, 3.63) is 0 Å². The highest BCUT2D eigenvalue weighted by Crippen LogP contribution is 2.38. The van der Waals surface area contributed by atoms with Crippen molar-refractivity contribution in [3.8, 4) is 0 Å². The first kappa shape index (κ1) is 22.2. The van der Waals surface area contributed by atoms with Gasteiger partial charge >= 0.3 is 0 Å². The summed E-state index contributed by atoms with van der Waals surface area (Å²) in [4.78, 5) is 12.4. The molecule has 0 aromatic heterocycles. The number of aliphatic imine (C=N–C) groups is 1. The van der Waals surface area contributed by atoms with Crippen molar-refractivity contribution >= 4 is 29.9 Å². The van der Waals surface area contributed by atoms with Gasteiger partial charge in [0.1, 0.15) is 0 Å². The fourth-order valence-corrected chi connectivity index (χ4v) is 4.32. The number of rotatable bonds is 5. The summed E-state index contributed by atoms with van der Waals surface area (Å²) in [7, 11) is 2.23. The summed E-state index contributed by atoms with van der Waals surface area (Å²) in [6, 6.07) is 0. The SMILES string of the molecule is CCNC(=NCCCN1CCCN(C)CC1)N1CCC2(CCOC2)C1.I. The van der Waals surface area contributed by atoms with E-state index in [1.54, 1.807) is 0 Å². The van der Waals surface area contributed by atoms with Gasteiger partial charge in [0.25, 0.3) is 0 Å². The minimum absolute atomic E-state index is 0. The van der Waals surface area contributed by atoms with Gasteiger partial charge in [0.05, 0.1) is 6.61 Å². The van der Waals surface area contributed by atoms with Crippen molar-refractivity contribution < 1.29 is 4.74 Å². The molecule has 6 nitrogen and oxygen atoms in total. The van der Waals surface area contributed by atoms with Crippen molar-refractivity contribution in [1.82, 2.24) is 20.0 Å². The molecule has 0 radical (unpaired) electrons. The van der Waals surface area contributed by atoms with Crippen LogP contribution in [0.15, 0.2) is 4.99 Å². The van der Waals surface area contributed by atoms with E-state index in [0.29, 0.717) is 5.41 Å². The smallest absolute Gasteiger partial charge is 0.193 e. The molecule has 1 spiro atoms. The average Bonchev–Trinajstić information content (AvgIpc) is 3.19. The Morgan fingerprint density at radius 2 is 2.04 bits per heavy atom. The number of nitrogens with one attached hydrogen (secondary N) is 1. The number of hydrogen-bond donors (Lipinski definition) is 1. The Balaban J connectivity index is 0.00000243. The molecule has 0 aromatic carbocycles. The molecular weight excluding hydrogens is 441 g/mol. The molecule has 7 heteroatoms. The highest BCUT2D eigenvalue weighted by molar-refractivity contribution is 14.0. The van der Waals surface area contributed by atoms with Crippen LogP contribution in [0.4, 0.5) is 0 Å². The molecule has 3 saturated heterocycles. The first-order chi connectivity index (χ1) is 12.2. The van der Waals surface area contributed by atoms with Crippen molar-refractivity contribution in [3.63, 3.8) is 0 Å². The maximum Gasteiger partial charge on any atom is 0.193 e. The molecule has 0 aromatic rings. The summed E-state index contributed by atoms with van der Waals surface area (Å²) < 4.78 is 5.66. The highest BCUT2D eigenvalue weighted by atomic mass is 127. The Morgan fingerprint density at radius 1 is 1.15 bits per heavy atom. The highest BCUT2D eigenvalue weighted by Gasteiger charge is 2.42. The van der Waals surface area contributed by atoms with E-state index >= 15 is 0 Å². The van der Waals surface area contributed by atoms with Crippen LogP contribution in [0.5, 0.6) is 0 Å². The molecule has 1 unspecified atom stereocenters. The van der Waals surface area contributed by atoms with Crippen LogP contribution in [0.1, 0.15) is 32.6 Å². The number of ether oxygens (including phenoxy) is 1. The predicted molar refractivity (Wildman–Crippen MR) is 119 cm³/mol. The van der Waals surface area contributed by atoms with Gasteiger partial charge in [-0.1, -0.05) is 0 Å². The zero-order valence-electron chi connectivity index (χ0n) is 16.7. The quantitative estimate of drug-likeness (QED) is 0.282. The van der Waals surface area contributed by atoms with E-state index in [1.807, 2.05) is 0 Å². The van der Waals surface area contributed by atoms with Gasteiger partial charge in [0, 0.05) is 51.3 Å². The summed E-state index contributed by atoms with van der Waals surface area (Å²) in [5.74, 6) is 1.11. The van der Waals surface area contributed by atoms with E-state index < -0.39 is 0 Å². The lowest BCUT2D eigenvalue weighted by Crippen LogP contribution is -2.41. The van der Waals surface area contributed by atoms with Crippen LogP contribution in [-0.4, -0.2) is 99.8 Å². The molecule has 3 heterocycles. The van der Waals surface area contributed by atoms with Crippen LogP contribution in [-0.2, 0) is 4.74 Å². The first-order valence-corrected chi connectivity index (χ1v) is 10.2. The van der Waals surface area contributed by atoms with Gasteiger partial charge < -0.3 is 24.8 Å². The van der Waals surface area contributed by atoms with Crippen LogP contribution in [0.3, 0.4) is 0 Å². The summed E-state index contributed by atoms with van der Waals surface area (Å²) in [6.45, 7) is 14.2. The Labute approximate surface area is 176 Å².